The van der Waals surface area contributed by atoms with Gasteiger partial charge in [0.1, 0.15) is 11.6 Å². The van der Waals surface area contributed by atoms with Crippen LogP contribution in [0.25, 0.3) is 0 Å². The lowest BCUT2D eigenvalue weighted by Crippen LogP contribution is -2.04. The van der Waals surface area contributed by atoms with Crippen molar-refractivity contribution in [3.63, 3.8) is 0 Å². The maximum absolute atomic E-state index is 13.1. The van der Waals surface area contributed by atoms with Crippen LogP contribution in [0.2, 0.25) is 0 Å². The van der Waals surface area contributed by atoms with Crippen molar-refractivity contribution in [1.29, 1.82) is 0 Å². The van der Waals surface area contributed by atoms with Crippen molar-refractivity contribution in [1.82, 2.24) is 4.98 Å². The van der Waals surface area contributed by atoms with Gasteiger partial charge in [-0.2, -0.15) is 0 Å². The Labute approximate surface area is 97.9 Å². The van der Waals surface area contributed by atoms with E-state index in [-0.39, 0.29) is 11.3 Å². The summed E-state index contributed by atoms with van der Waals surface area (Å²) >= 11 is 0. The molecule has 0 radical (unpaired) electrons. The number of hydrogen-bond acceptors (Lipinski definition) is 3. The Morgan fingerprint density at radius 1 is 1.35 bits per heavy atom. The van der Waals surface area contributed by atoms with Crippen LogP contribution in [0.5, 0.6) is 5.75 Å². The van der Waals surface area contributed by atoms with Crippen molar-refractivity contribution < 1.29 is 13.9 Å². The number of ether oxygens (including phenoxy) is 1. The standard InChI is InChI=1S/C13H10FNO2/c1-17-12-5-4-10(14)7-11(12)13(16)9-3-2-6-15-8-9/h2-8H,1H3. The minimum Gasteiger partial charge on any atom is -0.496 e. The number of methoxy groups -OCH3 is 1. The summed E-state index contributed by atoms with van der Waals surface area (Å²) in [5.74, 6) is -0.437. The summed E-state index contributed by atoms with van der Waals surface area (Å²) in [6.07, 6.45) is 3.01. The summed E-state index contributed by atoms with van der Waals surface area (Å²) in [6, 6.07) is 7.12. The summed E-state index contributed by atoms with van der Waals surface area (Å²) < 4.78 is 18.2. The summed E-state index contributed by atoms with van der Waals surface area (Å²) in [5.41, 5.74) is 0.594. The molecule has 0 aliphatic carbocycles. The average Bonchev–Trinajstić information content (AvgIpc) is 2.39. The Balaban J connectivity index is 2.47. The molecular formula is C13H10FNO2. The molecule has 0 fully saturated rings. The number of ketones is 1. The fourth-order valence-corrected chi connectivity index (χ4v) is 1.51. The first kappa shape index (κ1) is 11.3. The van der Waals surface area contributed by atoms with Gasteiger partial charge in [-0.1, -0.05) is 0 Å². The molecule has 0 spiro atoms. The van der Waals surface area contributed by atoms with Crippen LogP contribution >= 0.6 is 0 Å². The Morgan fingerprint density at radius 3 is 2.82 bits per heavy atom. The van der Waals surface area contributed by atoms with E-state index >= 15 is 0 Å². The highest BCUT2D eigenvalue weighted by Gasteiger charge is 2.15. The number of benzene rings is 1. The van der Waals surface area contributed by atoms with Gasteiger partial charge in [0.15, 0.2) is 5.78 Å². The zero-order valence-electron chi connectivity index (χ0n) is 9.18. The zero-order valence-corrected chi connectivity index (χ0v) is 9.18. The molecule has 0 N–H and O–H groups in total. The highest BCUT2D eigenvalue weighted by Crippen LogP contribution is 2.22. The first-order chi connectivity index (χ1) is 8.22. The fraction of sp³-hybridized carbons (Fsp3) is 0.0769. The van der Waals surface area contributed by atoms with Gasteiger partial charge < -0.3 is 4.74 Å². The van der Waals surface area contributed by atoms with Gasteiger partial charge in [0.05, 0.1) is 12.7 Å². The second kappa shape index (κ2) is 4.74. The number of pyridine rings is 1. The monoisotopic (exact) mass is 231 g/mol. The van der Waals surface area contributed by atoms with E-state index in [0.29, 0.717) is 11.3 Å². The molecule has 0 saturated carbocycles. The Hall–Kier alpha value is -2.23. The van der Waals surface area contributed by atoms with Gasteiger partial charge in [0, 0.05) is 18.0 Å². The second-order valence-electron chi connectivity index (χ2n) is 3.42. The third kappa shape index (κ3) is 2.30. The van der Waals surface area contributed by atoms with Crippen molar-refractivity contribution in [3.05, 3.63) is 59.7 Å². The van der Waals surface area contributed by atoms with Crippen LogP contribution in [0.3, 0.4) is 0 Å². The van der Waals surface area contributed by atoms with Crippen molar-refractivity contribution in [2.75, 3.05) is 7.11 Å². The largest absolute Gasteiger partial charge is 0.496 e. The van der Waals surface area contributed by atoms with E-state index in [9.17, 15) is 9.18 Å². The number of carbonyl (C=O) groups excluding carboxylic acids is 1. The molecule has 0 aliphatic rings. The van der Waals surface area contributed by atoms with E-state index in [1.165, 1.54) is 25.4 Å². The molecule has 2 rings (SSSR count). The van der Waals surface area contributed by atoms with Gasteiger partial charge in [-0.3, -0.25) is 9.78 Å². The highest BCUT2D eigenvalue weighted by atomic mass is 19.1. The van der Waals surface area contributed by atoms with Crippen molar-refractivity contribution in [2.24, 2.45) is 0 Å². The van der Waals surface area contributed by atoms with Crippen molar-refractivity contribution in [3.8, 4) is 5.75 Å². The number of aromatic nitrogens is 1. The van der Waals surface area contributed by atoms with E-state index in [4.69, 9.17) is 4.74 Å². The van der Waals surface area contributed by atoms with Crippen LogP contribution in [0.15, 0.2) is 42.7 Å². The molecule has 0 bridgehead atoms. The minimum absolute atomic E-state index is 0.195. The molecule has 2 aromatic rings. The van der Waals surface area contributed by atoms with Crippen molar-refractivity contribution in [2.45, 2.75) is 0 Å². The lowest BCUT2D eigenvalue weighted by atomic mass is 10.0. The lowest BCUT2D eigenvalue weighted by Gasteiger charge is -2.07. The molecular weight excluding hydrogens is 221 g/mol. The maximum Gasteiger partial charge on any atom is 0.198 e. The fourth-order valence-electron chi connectivity index (χ4n) is 1.51. The summed E-state index contributed by atoms with van der Waals surface area (Å²) in [5, 5.41) is 0. The molecule has 17 heavy (non-hydrogen) atoms. The summed E-state index contributed by atoms with van der Waals surface area (Å²) in [4.78, 5) is 15.9. The first-order valence-electron chi connectivity index (χ1n) is 5.00. The van der Waals surface area contributed by atoms with Crippen LogP contribution < -0.4 is 4.74 Å². The minimum atomic E-state index is -0.474. The molecule has 0 amide bonds. The van der Waals surface area contributed by atoms with Gasteiger partial charge in [-0.05, 0) is 30.3 Å². The smallest absolute Gasteiger partial charge is 0.198 e. The molecule has 0 atom stereocenters. The molecule has 1 aromatic heterocycles. The van der Waals surface area contributed by atoms with Gasteiger partial charge in [-0.25, -0.2) is 4.39 Å². The highest BCUT2D eigenvalue weighted by molar-refractivity contribution is 6.10. The molecule has 86 valence electrons. The van der Waals surface area contributed by atoms with Gasteiger partial charge in [0.25, 0.3) is 0 Å². The third-order valence-corrected chi connectivity index (χ3v) is 2.33. The molecule has 3 nitrogen and oxygen atoms in total. The summed E-state index contributed by atoms with van der Waals surface area (Å²) in [6.45, 7) is 0. The number of rotatable bonds is 3. The molecule has 0 saturated heterocycles. The van der Waals surface area contributed by atoms with Gasteiger partial charge in [-0.15, -0.1) is 0 Å². The number of halogens is 1. The molecule has 4 heteroatoms. The quantitative estimate of drug-likeness (QED) is 0.762. The van der Waals surface area contributed by atoms with E-state index < -0.39 is 5.82 Å². The summed E-state index contributed by atoms with van der Waals surface area (Å²) in [7, 11) is 1.44. The molecule has 0 unspecified atom stereocenters. The van der Waals surface area contributed by atoms with Gasteiger partial charge >= 0.3 is 0 Å². The van der Waals surface area contributed by atoms with E-state index in [1.54, 1.807) is 18.3 Å². The van der Waals surface area contributed by atoms with Crippen LogP contribution in [0, 0.1) is 5.82 Å². The number of hydrogen-bond donors (Lipinski definition) is 0. The second-order valence-corrected chi connectivity index (χ2v) is 3.42. The van der Waals surface area contributed by atoms with Crippen LogP contribution in [0.4, 0.5) is 4.39 Å². The van der Waals surface area contributed by atoms with E-state index in [2.05, 4.69) is 4.98 Å². The number of carbonyl (C=O) groups is 1. The zero-order chi connectivity index (χ0) is 12.3. The van der Waals surface area contributed by atoms with Crippen LogP contribution in [0.1, 0.15) is 15.9 Å². The third-order valence-electron chi connectivity index (χ3n) is 2.33. The van der Waals surface area contributed by atoms with E-state index in [0.717, 1.165) is 6.07 Å². The maximum atomic E-state index is 13.1. The Morgan fingerprint density at radius 2 is 2.18 bits per heavy atom. The van der Waals surface area contributed by atoms with Crippen LogP contribution in [-0.4, -0.2) is 17.9 Å². The SMILES string of the molecule is COc1ccc(F)cc1C(=O)c1cccnc1. The normalized spacial score (nSPS) is 10.0. The van der Waals surface area contributed by atoms with Gasteiger partial charge in [0.2, 0.25) is 0 Å². The lowest BCUT2D eigenvalue weighted by molar-refractivity contribution is 0.103. The Kier molecular flexibility index (Phi) is 3.14. The molecule has 0 aliphatic heterocycles. The average molecular weight is 231 g/mol. The molecule has 1 aromatic carbocycles. The van der Waals surface area contributed by atoms with Crippen LogP contribution in [-0.2, 0) is 0 Å². The topological polar surface area (TPSA) is 39.2 Å². The molecule has 1 heterocycles. The Bertz CT molecular complexity index is 540. The first-order valence-corrected chi connectivity index (χ1v) is 5.00. The number of nitrogens with zero attached hydrogens (tertiary/aromatic N) is 1. The predicted molar refractivity (Wildman–Crippen MR) is 60.6 cm³/mol. The van der Waals surface area contributed by atoms with E-state index in [1.807, 2.05) is 0 Å². The predicted octanol–water partition coefficient (Wildman–Crippen LogP) is 2.46. The van der Waals surface area contributed by atoms with Crippen molar-refractivity contribution >= 4 is 5.78 Å².